The number of hydrogen-bond donors (Lipinski definition) is 2. The highest BCUT2D eigenvalue weighted by atomic mass is 19.4. The summed E-state index contributed by atoms with van der Waals surface area (Å²) in [6, 6.07) is 1.59. The van der Waals surface area contributed by atoms with Crippen molar-refractivity contribution in [1.29, 1.82) is 0 Å². The van der Waals surface area contributed by atoms with Crippen LogP contribution in [0.1, 0.15) is 35.5 Å². The molecule has 0 radical (unpaired) electrons. The minimum absolute atomic E-state index is 0.301. The molecule has 2 N–H and O–H groups in total. The van der Waals surface area contributed by atoms with Crippen LogP contribution in [0.5, 0.6) is 0 Å². The Balaban J connectivity index is 2.77. The van der Waals surface area contributed by atoms with E-state index in [1.807, 2.05) is 26.8 Å². The van der Waals surface area contributed by atoms with E-state index < -0.39 is 18.8 Å². The van der Waals surface area contributed by atoms with Crippen LogP contribution in [0.3, 0.4) is 0 Å². The summed E-state index contributed by atoms with van der Waals surface area (Å²) < 4.78 is 36.6. The van der Waals surface area contributed by atoms with Crippen molar-refractivity contribution in [3.8, 4) is 0 Å². The average molecular weight is 276 g/mol. The molecule has 0 spiro atoms. The number of aromatic nitrogens is 1. The van der Waals surface area contributed by atoms with Crippen LogP contribution >= 0.6 is 0 Å². The average Bonchev–Trinajstić information content (AvgIpc) is 2.22. The van der Waals surface area contributed by atoms with Crippen LogP contribution in [-0.2, 0) is 0 Å². The third-order valence-corrected chi connectivity index (χ3v) is 3.01. The van der Waals surface area contributed by atoms with Crippen LogP contribution < -0.4 is 5.32 Å². The first-order chi connectivity index (χ1) is 8.62. The van der Waals surface area contributed by atoms with Crippen LogP contribution in [0.2, 0.25) is 0 Å². The molecule has 1 rings (SSSR count). The highest BCUT2D eigenvalue weighted by molar-refractivity contribution is 5.33. The van der Waals surface area contributed by atoms with E-state index >= 15 is 0 Å². The number of aryl methyl sites for hydroxylation is 3. The smallest absolute Gasteiger partial charge is 0.382 e. The molecule has 19 heavy (non-hydrogen) atoms. The summed E-state index contributed by atoms with van der Waals surface area (Å²) in [7, 11) is 0. The van der Waals surface area contributed by atoms with Crippen LogP contribution in [0, 0.1) is 20.8 Å². The lowest BCUT2D eigenvalue weighted by atomic mass is 10.0. The Hall–Kier alpha value is -1.14. The summed E-state index contributed by atoms with van der Waals surface area (Å²) in [6.07, 6.45) is -6.95. The summed E-state index contributed by atoms with van der Waals surface area (Å²) in [6.45, 7) is 6.82. The zero-order valence-corrected chi connectivity index (χ0v) is 11.5. The van der Waals surface area contributed by atoms with Gasteiger partial charge in [0.2, 0.25) is 0 Å². The maximum absolute atomic E-state index is 12.2. The Kier molecular flexibility index (Phi) is 4.92. The summed E-state index contributed by atoms with van der Waals surface area (Å²) in [5.41, 5.74) is 3.52. The first kappa shape index (κ1) is 15.9. The van der Waals surface area contributed by atoms with E-state index in [-0.39, 0.29) is 6.04 Å². The maximum Gasteiger partial charge on any atom is 0.415 e. The molecule has 1 heterocycles. The van der Waals surface area contributed by atoms with Crippen molar-refractivity contribution in [2.45, 2.75) is 46.0 Å². The Morgan fingerprint density at radius 1 is 1.32 bits per heavy atom. The van der Waals surface area contributed by atoms with Crippen LogP contribution in [0.15, 0.2) is 6.07 Å². The van der Waals surface area contributed by atoms with Crippen molar-refractivity contribution >= 4 is 0 Å². The second kappa shape index (κ2) is 5.88. The summed E-state index contributed by atoms with van der Waals surface area (Å²) >= 11 is 0. The number of hydrogen-bond acceptors (Lipinski definition) is 3. The third-order valence-electron chi connectivity index (χ3n) is 3.01. The highest BCUT2D eigenvalue weighted by Gasteiger charge is 2.38. The molecule has 0 amide bonds. The summed E-state index contributed by atoms with van der Waals surface area (Å²) in [4.78, 5) is 4.31. The second-order valence-electron chi connectivity index (χ2n) is 4.77. The first-order valence-corrected chi connectivity index (χ1v) is 6.05. The third kappa shape index (κ3) is 4.18. The largest absolute Gasteiger partial charge is 0.415 e. The van der Waals surface area contributed by atoms with Gasteiger partial charge in [-0.25, -0.2) is 0 Å². The van der Waals surface area contributed by atoms with E-state index in [0.717, 1.165) is 22.5 Å². The molecule has 108 valence electrons. The SMILES string of the molecule is Cc1cc(C)c(C(C)NCC(O)C(F)(F)F)c(C)n1. The van der Waals surface area contributed by atoms with Gasteiger partial charge >= 0.3 is 6.18 Å². The van der Waals surface area contributed by atoms with Gasteiger partial charge in [0.15, 0.2) is 6.10 Å². The van der Waals surface area contributed by atoms with Gasteiger partial charge in [0, 0.05) is 24.0 Å². The van der Waals surface area contributed by atoms with Crippen LogP contribution in [0.25, 0.3) is 0 Å². The number of nitrogens with zero attached hydrogens (tertiary/aromatic N) is 1. The quantitative estimate of drug-likeness (QED) is 0.888. The summed E-state index contributed by atoms with van der Waals surface area (Å²) in [5.74, 6) is 0. The molecule has 1 aromatic heterocycles. The normalized spacial score (nSPS) is 15.4. The minimum Gasteiger partial charge on any atom is -0.382 e. The molecule has 0 fully saturated rings. The number of nitrogens with one attached hydrogen (secondary N) is 1. The molecule has 3 nitrogen and oxygen atoms in total. The van der Waals surface area contributed by atoms with Gasteiger partial charge in [0.05, 0.1) is 0 Å². The molecule has 0 saturated heterocycles. The molecule has 0 bridgehead atoms. The molecule has 6 heteroatoms. The van der Waals surface area contributed by atoms with Gasteiger partial charge < -0.3 is 10.4 Å². The van der Waals surface area contributed by atoms with Crippen molar-refractivity contribution in [2.75, 3.05) is 6.54 Å². The zero-order chi connectivity index (χ0) is 14.8. The molecule has 1 aromatic rings. The minimum atomic E-state index is -4.59. The molecular formula is C13H19F3N2O. The Bertz CT molecular complexity index is 423. The topological polar surface area (TPSA) is 45.1 Å². The van der Waals surface area contributed by atoms with E-state index in [9.17, 15) is 13.2 Å². The van der Waals surface area contributed by atoms with Crippen molar-refractivity contribution in [3.63, 3.8) is 0 Å². The van der Waals surface area contributed by atoms with E-state index in [1.165, 1.54) is 0 Å². The number of alkyl halides is 3. The molecule has 0 aliphatic carbocycles. The van der Waals surface area contributed by atoms with Crippen molar-refractivity contribution in [2.24, 2.45) is 0 Å². The number of pyridine rings is 1. The van der Waals surface area contributed by atoms with Crippen LogP contribution in [-0.4, -0.2) is 28.9 Å². The molecule has 2 unspecified atom stereocenters. The molecule has 2 atom stereocenters. The zero-order valence-electron chi connectivity index (χ0n) is 11.5. The molecule has 0 aliphatic heterocycles. The van der Waals surface area contributed by atoms with Gasteiger partial charge in [-0.1, -0.05) is 0 Å². The Labute approximate surface area is 110 Å². The number of aliphatic hydroxyl groups is 1. The molecule has 0 aliphatic rings. The van der Waals surface area contributed by atoms with E-state index in [0.29, 0.717) is 0 Å². The maximum atomic E-state index is 12.2. The predicted molar refractivity (Wildman–Crippen MR) is 66.9 cm³/mol. The number of rotatable bonds is 4. The highest BCUT2D eigenvalue weighted by Crippen LogP contribution is 2.23. The Morgan fingerprint density at radius 2 is 1.89 bits per heavy atom. The standard InChI is InChI=1S/C13H19F3N2O/c1-7-5-8(2)18-10(4)12(7)9(3)17-6-11(19)13(14,15)16/h5,9,11,17,19H,6H2,1-4H3. The van der Waals surface area contributed by atoms with Crippen molar-refractivity contribution in [1.82, 2.24) is 10.3 Å². The van der Waals surface area contributed by atoms with Gasteiger partial charge in [-0.15, -0.1) is 0 Å². The lowest BCUT2D eigenvalue weighted by Crippen LogP contribution is -2.39. The monoisotopic (exact) mass is 276 g/mol. The lowest BCUT2D eigenvalue weighted by Gasteiger charge is -2.22. The number of halogens is 3. The van der Waals surface area contributed by atoms with Gasteiger partial charge in [-0.3, -0.25) is 4.98 Å². The Morgan fingerprint density at radius 3 is 2.37 bits per heavy atom. The fraction of sp³-hybridized carbons (Fsp3) is 0.615. The second-order valence-corrected chi connectivity index (χ2v) is 4.77. The van der Waals surface area contributed by atoms with Gasteiger partial charge in [-0.2, -0.15) is 13.2 Å². The molecule has 0 aromatic carbocycles. The lowest BCUT2D eigenvalue weighted by molar-refractivity contribution is -0.202. The predicted octanol–water partition coefficient (Wildman–Crippen LogP) is 2.58. The van der Waals surface area contributed by atoms with Crippen LogP contribution in [0.4, 0.5) is 13.2 Å². The van der Waals surface area contributed by atoms with Crippen molar-refractivity contribution < 1.29 is 18.3 Å². The van der Waals surface area contributed by atoms with E-state index in [1.54, 1.807) is 6.92 Å². The summed E-state index contributed by atoms with van der Waals surface area (Å²) in [5, 5.41) is 11.7. The fourth-order valence-corrected chi connectivity index (χ4v) is 2.19. The van der Waals surface area contributed by atoms with E-state index in [4.69, 9.17) is 5.11 Å². The van der Waals surface area contributed by atoms with Gasteiger partial charge in [0.1, 0.15) is 0 Å². The first-order valence-electron chi connectivity index (χ1n) is 6.05. The van der Waals surface area contributed by atoms with Crippen molar-refractivity contribution in [3.05, 3.63) is 28.6 Å². The molecule has 0 saturated carbocycles. The van der Waals surface area contributed by atoms with Gasteiger partial charge in [0.25, 0.3) is 0 Å². The molecular weight excluding hydrogens is 257 g/mol. The number of aliphatic hydroxyl groups excluding tert-OH is 1. The fourth-order valence-electron chi connectivity index (χ4n) is 2.19. The van der Waals surface area contributed by atoms with E-state index in [2.05, 4.69) is 10.3 Å². The van der Waals surface area contributed by atoms with Gasteiger partial charge in [-0.05, 0) is 44.9 Å².